The second-order valence-corrected chi connectivity index (χ2v) is 14.4. The summed E-state index contributed by atoms with van der Waals surface area (Å²) in [5.74, 6) is -0.542. The number of methoxy groups -OCH3 is 1. The van der Waals surface area contributed by atoms with Crippen molar-refractivity contribution in [1.82, 2.24) is 20.2 Å². The first-order valence-corrected chi connectivity index (χ1v) is 18.4. The molecular formula is C37H46F5N7O2S. The fourth-order valence-electron chi connectivity index (χ4n) is 7.92. The molecule has 2 bridgehead atoms. The maximum absolute atomic E-state index is 15.0. The summed E-state index contributed by atoms with van der Waals surface area (Å²) in [4.78, 5) is 13.2. The number of piperazine rings is 1. The number of halogens is 5. The van der Waals surface area contributed by atoms with Crippen molar-refractivity contribution >= 4 is 50.2 Å². The number of nitrogens with one attached hydrogen (secondary N) is 1. The molecule has 1 aromatic carbocycles. The Morgan fingerprint density at radius 3 is 2.35 bits per heavy atom. The Bertz CT molecular complexity index is 1940. The maximum atomic E-state index is 15.0. The van der Waals surface area contributed by atoms with Gasteiger partial charge in [0.1, 0.15) is 41.0 Å². The molecule has 282 valence electrons. The summed E-state index contributed by atoms with van der Waals surface area (Å²) in [7, 11) is 3.25. The molecule has 9 nitrogen and oxygen atoms in total. The molecule has 0 saturated carbocycles. The van der Waals surface area contributed by atoms with E-state index in [1.807, 2.05) is 24.8 Å². The Morgan fingerprint density at radius 1 is 1.13 bits per heavy atom. The third-order valence-corrected chi connectivity index (χ3v) is 11.2. The zero-order valence-electron chi connectivity index (χ0n) is 30.2. The first-order valence-electron chi connectivity index (χ1n) is 17.6. The van der Waals surface area contributed by atoms with Crippen LogP contribution in [0.1, 0.15) is 70.4 Å². The number of rotatable bonds is 6. The van der Waals surface area contributed by atoms with E-state index in [1.165, 1.54) is 13.0 Å². The number of benzene rings is 1. The summed E-state index contributed by atoms with van der Waals surface area (Å²) in [6.45, 7) is 8.47. The smallest absolute Gasteiger partial charge is 0.416 e. The van der Waals surface area contributed by atoms with Crippen LogP contribution < -0.4 is 31.3 Å². The summed E-state index contributed by atoms with van der Waals surface area (Å²) in [6.07, 6.45) is 1.98. The van der Waals surface area contributed by atoms with Gasteiger partial charge < -0.3 is 25.4 Å². The highest BCUT2D eigenvalue weighted by Gasteiger charge is 2.45. The quantitative estimate of drug-likeness (QED) is 0.292. The number of nitriles is 1. The SMILES string of the molecule is CC.COC.C\C(=C(/C=c1/c(N2CC3CCC(C2)N3)nc(OCC23CCCN2CCC3)n/c1=C\F)C(F)(F)F)c1ccc(F)c2sc(N)c(C#N)c12. The third-order valence-electron chi connectivity index (χ3n) is 10.2. The molecule has 4 aliphatic rings. The van der Waals surface area contributed by atoms with Crippen LogP contribution in [0.15, 0.2) is 17.7 Å². The van der Waals surface area contributed by atoms with Crippen LogP contribution in [0.5, 0.6) is 6.01 Å². The Labute approximate surface area is 304 Å². The lowest BCUT2D eigenvalue weighted by molar-refractivity contribution is -0.0860. The lowest BCUT2D eigenvalue weighted by atomic mass is 9.95. The fraction of sp³-hybridized carbons (Fsp3) is 0.541. The number of hydrogen-bond acceptors (Lipinski definition) is 10. The number of allylic oxidation sites excluding steroid dienone is 2. The van der Waals surface area contributed by atoms with Gasteiger partial charge >= 0.3 is 12.2 Å². The van der Waals surface area contributed by atoms with Crippen molar-refractivity contribution in [3.8, 4) is 12.1 Å². The van der Waals surface area contributed by atoms with E-state index >= 15 is 13.2 Å². The van der Waals surface area contributed by atoms with Gasteiger partial charge in [-0.25, -0.2) is 8.78 Å². The Morgan fingerprint density at radius 2 is 1.77 bits per heavy atom. The predicted molar refractivity (Wildman–Crippen MR) is 196 cm³/mol. The van der Waals surface area contributed by atoms with Crippen molar-refractivity contribution in [2.75, 3.05) is 57.6 Å². The van der Waals surface area contributed by atoms with Gasteiger partial charge in [-0.05, 0) is 81.8 Å². The fourth-order valence-corrected chi connectivity index (χ4v) is 8.86. The zero-order chi connectivity index (χ0) is 37.8. The van der Waals surface area contributed by atoms with Gasteiger partial charge in [0.15, 0.2) is 0 Å². The van der Waals surface area contributed by atoms with Gasteiger partial charge in [0.05, 0.1) is 21.4 Å². The second-order valence-electron chi connectivity index (χ2n) is 13.3. The van der Waals surface area contributed by atoms with Crippen LogP contribution in [0.3, 0.4) is 0 Å². The van der Waals surface area contributed by atoms with Crippen molar-refractivity contribution in [1.29, 1.82) is 5.26 Å². The molecule has 2 atom stereocenters. The summed E-state index contributed by atoms with van der Waals surface area (Å²) in [5.41, 5.74) is 4.33. The van der Waals surface area contributed by atoms with E-state index in [2.05, 4.69) is 24.9 Å². The Hall–Kier alpha value is -3.84. The molecule has 3 N–H and O–H groups in total. The van der Waals surface area contributed by atoms with E-state index < -0.39 is 17.6 Å². The molecule has 7 rings (SSSR count). The van der Waals surface area contributed by atoms with Crippen LogP contribution >= 0.6 is 11.3 Å². The minimum atomic E-state index is -4.92. The van der Waals surface area contributed by atoms with Gasteiger partial charge in [0.25, 0.3) is 0 Å². The molecule has 0 amide bonds. The van der Waals surface area contributed by atoms with Crippen molar-refractivity contribution in [3.05, 3.63) is 45.2 Å². The number of anilines is 2. The summed E-state index contributed by atoms with van der Waals surface area (Å²) in [6, 6.07) is 4.31. The number of fused-ring (bicyclic) bond motifs is 4. The molecule has 4 aliphatic heterocycles. The molecular weight excluding hydrogens is 702 g/mol. The summed E-state index contributed by atoms with van der Waals surface area (Å²) < 4.78 is 84.9. The molecule has 4 saturated heterocycles. The van der Waals surface area contributed by atoms with Gasteiger partial charge in [0.2, 0.25) is 0 Å². The van der Waals surface area contributed by atoms with Gasteiger partial charge in [-0.1, -0.05) is 19.9 Å². The number of nitrogens with zero attached hydrogens (tertiary/aromatic N) is 5. The van der Waals surface area contributed by atoms with Gasteiger partial charge in [0, 0.05) is 50.0 Å². The highest BCUT2D eigenvalue weighted by atomic mass is 32.1. The highest BCUT2D eigenvalue weighted by Crippen LogP contribution is 2.42. The van der Waals surface area contributed by atoms with Gasteiger partial charge in [-0.3, -0.25) is 4.90 Å². The monoisotopic (exact) mass is 747 g/mol. The molecule has 15 heteroatoms. The molecule has 2 unspecified atom stereocenters. The van der Waals surface area contributed by atoms with Gasteiger partial charge in [-0.2, -0.15) is 28.4 Å². The van der Waals surface area contributed by atoms with Crippen molar-refractivity contribution < 1.29 is 31.4 Å². The summed E-state index contributed by atoms with van der Waals surface area (Å²) in [5, 5.41) is 12.8. The molecule has 3 aromatic rings. The molecule has 0 spiro atoms. The second kappa shape index (κ2) is 16.4. The van der Waals surface area contributed by atoms with E-state index in [0.717, 1.165) is 75.1 Å². The minimum Gasteiger partial charge on any atom is -0.461 e. The van der Waals surface area contributed by atoms with Crippen LogP contribution in [-0.2, 0) is 4.74 Å². The van der Waals surface area contributed by atoms with Crippen molar-refractivity contribution in [2.45, 2.75) is 83.1 Å². The predicted octanol–water partition coefficient (Wildman–Crippen LogP) is 6.04. The number of aromatic nitrogens is 2. The van der Waals surface area contributed by atoms with Gasteiger partial charge in [-0.15, -0.1) is 11.3 Å². The molecule has 2 aromatic heterocycles. The van der Waals surface area contributed by atoms with E-state index in [9.17, 15) is 14.0 Å². The largest absolute Gasteiger partial charge is 0.461 e. The number of nitrogens with two attached hydrogens (primary N) is 1. The number of thiophene rings is 1. The van der Waals surface area contributed by atoms with E-state index in [1.54, 1.807) is 14.2 Å². The first-order chi connectivity index (χ1) is 24.9. The average molecular weight is 748 g/mol. The number of alkyl halides is 3. The van der Waals surface area contributed by atoms with Crippen LogP contribution in [0, 0.1) is 17.1 Å². The minimum absolute atomic E-state index is 0.000158. The molecule has 6 heterocycles. The van der Waals surface area contributed by atoms with Crippen molar-refractivity contribution in [2.24, 2.45) is 0 Å². The Balaban J connectivity index is 0.000000995. The first kappa shape index (κ1) is 39.4. The number of nitrogen functional groups attached to an aromatic ring is 1. The normalized spacial score (nSPS) is 22.0. The summed E-state index contributed by atoms with van der Waals surface area (Å²) >= 11 is 0.801. The van der Waals surface area contributed by atoms with E-state index in [0.29, 0.717) is 19.7 Å². The molecule has 0 radical (unpaired) electrons. The topological polar surface area (TPSA) is 113 Å². The highest BCUT2D eigenvalue weighted by molar-refractivity contribution is 7.23. The van der Waals surface area contributed by atoms with Crippen LogP contribution in [0.4, 0.5) is 32.8 Å². The lowest BCUT2D eigenvalue weighted by Crippen LogP contribution is -2.53. The molecule has 4 fully saturated rings. The Kier molecular flexibility index (Phi) is 12.5. The van der Waals surface area contributed by atoms with Crippen LogP contribution in [0.2, 0.25) is 0 Å². The van der Waals surface area contributed by atoms with Crippen molar-refractivity contribution in [3.63, 3.8) is 0 Å². The number of hydrogen-bond donors (Lipinski definition) is 2. The average Bonchev–Trinajstić information content (AvgIpc) is 3.88. The number of ether oxygens (including phenoxy) is 2. The zero-order valence-corrected chi connectivity index (χ0v) is 31.0. The maximum Gasteiger partial charge on any atom is 0.416 e. The molecule has 52 heavy (non-hydrogen) atoms. The van der Waals surface area contributed by atoms with E-state index in [-0.39, 0.29) is 78.1 Å². The lowest BCUT2D eigenvalue weighted by Gasteiger charge is -2.34. The van der Waals surface area contributed by atoms with Crippen LogP contribution in [0.25, 0.3) is 28.1 Å². The van der Waals surface area contributed by atoms with Crippen LogP contribution in [-0.4, -0.2) is 85.7 Å². The van der Waals surface area contributed by atoms with E-state index in [4.69, 9.17) is 10.5 Å². The standard InChI is InChI=1S/C33H34F5N7OS.C2H6O.C2H6/c1-18(21-6-7-25(35)28-27(21)23(14-39)29(40)47-28)24(33(36,37)38)12-22-26(13-34)42-31(46-17-32-8-2-10-45(32)11-3-9-32)43-30(22)44-15-19-4-5-20(16-44)41-19;1-3-2;1-2/h6-7,12-13,19-20,41H,2-5,8-11,15-17,40H2,1H3;1-2H3;1-2H3/b22-12+,24-18-,26-13-;;. The molecule has 0 aliphatic carbocycles. The third kappa shape index (κ3) is 7.76.